The van der Waals surface area contributed by atoms with E-state index in [4.69, 9.17) is 0 Å². The van der Waals surface area contributed by atoms with Gasteiger partial charge in [0.2, 0.25) is 15.9 Å². The zero-order chi connectivity index (χ0) is 24.7. The number of benzene rings is 2. The first-order valence-corrected chi connectivity index (χ1v) is 13.2. The number of hydrogen-bond donors (Lipinski definition) is 2. The summed E-state index contributed by atoms with van der Waals surface area (Å²) in [7, 11) is -3.68. The van der Waals surface area contributed by atoms with Crippen molar-refractivity contribution in [1.82, 2.24) is 9.62 Å². The number of carbonyl (C=O) groups is 2. The molecule has 184 valence electrons. The topological polar surface area (TPSA) is 98.8 Å². The Morgan fingerprint density at radius 3 is 2.38 bits per heavy atom. The van der Waals surface area contributed by atoms with E-state index in [0.717, 1.165) is 37.5 Å². The van der Waals surface area contributed by atoms with E-state index in [2.05, 4.69) is 22.5 Å². The summed E-state index contributed by atoms with van der Waals surface area (Å²) in [5.74, 6) is -0.131. The van der Waals surface area contributed by atoms with Crippen LogP contribution in [0.15, 0.2) is 53.4 Å². The third-order valence-electron chi connectivity index (χ3n) is 6.13. The van der Waals surface area contributed by atoms with Gasteiger partial charge in [0.05, 0.1) is 11.4 Å². The molecule has 1 aliphatic rings. The average molecular weight is 487 g/mol. The summed E-state index contributed by atoms with van der Waals surface area (Å²) in [6.45, 7) is 8.24. The Labute approximate surface area is 202 Å². The molecule has 1 saturated heterocycles. The second-order valence-corrected chi connectivity index (χ2v) is 10.5. The van der Waals surface area contributed by atoms with E-state index < -0.39 is 15.9 Å². The molecule has 0 bridgehead atoms. The monoisotopic (exact) mass is 486 g/mol. The van der Waals surface area contributed by atoms with Crippen molar-refractivity contribution in [3.63, 3.8) is 0 Å². The van der Waals surface area contributed by atoms with Crippen LogP contribution in [-0.4, -0.2) is 57.3 Å². The van der Waals surface area contributed by atoms with Crippen LogP contribution in [0.3, 0.4) is 0 Å². The van der Waals surface area contributed by atoms with Crippen LogP contribution in [0, 0.1) is 5.92 Å². The molecule has 2 aromatic rings. The standard InChI is InChI=1S/C25H34N4O4S/c1-4-29(5-2)34(32,33)23-11-6-8-20(16-23)25(31)26-18-24(30)27-21-9-7-10-22(17-21)28-14-12-19(3)13-15-28/h6-11,16-17,19H,4-5,12-15,18H2,1-3H3,(H,26,31)(H,27,30). The van der Waals surface area contributed by atoms with Crippen LogP contribution in [0.25, 0.3) is 0 Å². The van der Waals surface area contributed by atoms with E-state index >= 15 is 0 Å². The molecular weight excluding hydrogens is 452 g/mol. The van der Waals surface area contributed by atoms with E-state index in [1.165, 1.54) is 28.6 Å². The number of nitrogens with one attached hydrogen (secondary N) is 2. The molecule has 1 fully saturated rings. The molecule has 2 amide bonds. The van der Waals surface area contributed by atoms with Crippen molar-refractivity contribution in [2.24, 2.45) is 5.92 Å². The molecule has 0 aliphatic carbocycles. The molecule has 0 unspecified atom stereocenters. The maximum atomic E-state index is 12.7. The molecule has 8 nitrogen and oxygen atoms in total. The van der Waals surface area contributed by atoms with Crippen molar-refractivity contribution in [3.8, 4) is 0 Å². The van der Waals surface area contributed by atoms with Crippen molar-refractivity contribution >= 4 is 33.2 Å². The van der Waals surface area contributed by atoms with Gasteiger partial charge in [0.1, 0.15) is 0 Å². The molecule has 2 N–H and O–H groups in total. The molecular formula is C25H34N4O4S. The van der Waals surface area contributed by atoms with Crippen LogP contribution in [-0.2, 0) is 14.8 Å². The maximum absolute atomic E-state index is 12.7. The highest BCUT2D eigenvalue weighted by molar-refractivity contribution is 7.89. The van der Waals surface area contributed by atoms with Crippen molar-refractivity contribution in [2.75, 3.05) is 42.9 Å². The number of sulfonamides is 1. The average Bonchev–Trinajstić information content (AvgIpc) is 2.84. The van der Waals surface area contributed by atoms with Gasteiger partial charge in [-0.2, -0.15) is 4.31 Å². The first-order valence-electron chi connectivity index (χ1n) is 11.8. The predicted octanol–water partition coefficient (Wildman–Crippen LogP) is 3.32. The lowest BCUT2D eigenvalue weighted by molar-refractivity contribution is -0.115. The molecule has 0 radical (unpaired) electrons. The van der Waals surface area contributed by atoms with Crippen LogP contribution in [0.1, 0.15) is 44.0 Å². The summed E-state index contributed by atoms with van der Waals surface area (Å²) < 4.78 is 26.8. The van der Waals surface area contributed by atoms with Crippen LogP contribution in [0.2, 0.25) is 0 Å². The molecule has 1 aliphatic heterocycles. The first kappa shape index (κ1) is 25.7. The van der Waals surface area contributed by atoms with E-state index in [-0.39, 0.29) is 22.9 Å². The normalized spacial score (nSPS) is 14.8. The SMILES string of the molecule is CCN(CC)S(=O)(=O)c1cccc(C(=O)NCC(=O)Nc2cccc(N3CCC(C)CC3)c2)c1. The lowest BCUT2D eigenvalue weighted by Crippen LogP contribution is -2.34. The van der Waals surface area contributed by atoms with Crippen molar-refractivity contribution in [3.05, 3.63) is 54.1 Å². The smallest absolute Gasteiger partial charge is 0.251 e. The minimum Gasteiger partial charge on any atom is -0.371 e. The van der Waals surface area contributed by atoms with Gasteiger partial charge in [-0.1, -0.05) is 32.9 Å². The van der Waals surface area contributed by atoms with Gasteiger partial charge in [0.15, 0.2) is 0 Å². The minimum atomic E-state index is -3.68. The summed E-state index contributed by atoms with van der Waals surface area (Å²) in [5, 5.41) is 5.39. The van der Waals surface area contributed by atoms with Crippen LogP contribution in [0.4, 0.5) is 11.4 Å². The summed E-state index contributed by atoms with van der Waals surface area (Å²) in [6, 6.07) is 13.6. The van der Waals surface area contributed by atoms with Gasteiger partial charge in [0, 0.05) is 43.1 Å². The van der Waals surface area contributed by atoms with Crippen LogP contribution < -0.4 is 15.5 Å². The van der Waals surface area contributed by atoms with Gasteiger partial charge < -0.3 is 15.5 Å². The molecule has 0 atom stereocenters. The fourth-order valence-corrected chi connectivity index (χ4v) is 5.53. The maximum Gasteiger partial charge on any atom is 0.251 e. The minimum absolute atomic E-state index is 0.0530. The largest absolute Gasteiger partial charge is 0.371 e. The Hall–Kier alpha value is -2.91. The molecule has 0 spiro atoms. The van der Waals surface area contributed by atoms with Gasteiger partial charge in [0.25, 0.3) is 5.91 Å². The molecule has 9 heteroatoms. The van der Waals surface area contributed by atoms with Gasteiger partial charge >= 0.3 is 0 Å². The zero-order valence-electron chi connectivity index (χ0n) is 20.1. The van der Waals surface area contributed by atoms with E-state index in [1.54, 1.807) is 13.8 Å². The molecule has 0 saturated carbocycles. The third kappa shape index (κ3) is 6.36. The molecule has 34 heavy (non-hydrogen) atoms. The Bertz CT molecular complexity index is 1110. The molecule has 2 aromatic carbocycles. The fraction of sp³-hybridized carbons (Fsp3) is 0.440. The summed E-state index contributed by atoms with van der Waals surface area (Å²) in [4.78, 5) is 27.4. The van der Waals surface area contributed by atoms with Crippen molar-refractivity contribution in [2.45, 2.75) is 38.5 Å². The Morgan fingerprint density at radius 1 is 1.03 bits per heavy atom. The Morgan fingerprint density at radius 2 is 1.71 bits per heavy atom. The number of nitrogens with zero attached hydrogens (tertiary/aromatic N) is 2. The van der Waals surface area contributed by atoms with Gasteiger partial charge in [-0.15, -0.1) is 0 Å². The second-order valence-electron chi connectivity index (χ2n) is 8.57. The van der Waals surface area contributed by atoms with Crippen LogP contribution >= 0.6 is 0 Å². The van der Waals surface area contributed by atoms with E-state index in [9.17, 15) is 18.0 Å². The Balaban J connectivity index is 1.59. The summed E-state index contributed by atoms with van der Waals surface area (Å²) in [5.41, 5.74) is 1.92. The third-order valence-corrected chi connectivity index (χ3v) is 8.17. The number of piperidine rings is 1. The number of hydrogen-bond acceptors (Lipinski definition) is 5. The number of rotatable bonds is 9. The van der Waals surface area contributed by atoms with E-state index in [1.807, 2.05) is 24.3 Å². The molecule has 3 rings (SSSR count). The number of anilines is 2. The zero-order valence-corrected chi connectivity index (χ0v) is 20.9. The number of amides is 2. The predicted molar refractivity (Wildman–Crippen MR) is 135 cm³/mol. The molecule has 0 aromatic heterocycles. The van der Waals surface area contributed by atoms with Gasteiger partial charge in [-0.05, 0) is 55.2 Å². The van der Waals surface area contributed by atoms with Gasteiger partial charge in [-0.3, -0.25) is 9.59 Å². The second kappa shape index (κ2) is 11.5. The highest BCUT2D eigenvalue weighted by Crippen LogP contribution is 2.25. The summed E-state index contributed by atoms with van der Waals surface area (Å²) in [6.07, 6.45) is 2.31. The van der Waals surface area contributed by atoms with Gasteiger partial charge in [-0.25, -0.2) is 8.42 Å². The lowest BCUT2D eigenvalue weighted by Gasteiger charge is -2.32. The van der Waals surface area contributed by atoms with Crippen LogP contribution in [0.5, 0.6) is 0 Å². The van der Waals surface area contributed by atoms with Crippen molar-refractivity contribution < 1.29 is 18.0 Å². The Kier molecular flexibility index (Phi) is 8.68. The highest BCUT2D eigenvalue weighted by Gasteiger charge is 2.22. The lowest BCUT2D eigenvalue weighted by atomic mass is 9.99. The van der Waals surface area contributed by atoms with Crippen molar-refractivity contribution in [1.29, 1.82) is 0 Å². The quantitative estimate of drug-likeness (QED) is 0.567. The highest BCUT2D eigenvalue weighted by atomic mass is 32.2. The fourth-order valence-electron chi connectivity index (χ4n) is 4.03. The number of carbonyl (C=O) groups excluding carboxylic acids is 2. The first-order chi connectivity index (χ1) is 16.2. The molecule has 1 heterocycles. The van der Waals surface area contributed by atoms with E-state index in [0.29, 0.717) is 18.8 Å². The summed E-state index contributed by atoms with van der Waals surface area (Å²) >= 11 is 0.